The van der Waals surface area contributed by atoms with Gasteiger partial charge in [0.25, 0.3) is 0 Å². The van der Waals surface area contributed by atoms with Crippen molar-refractivity contribution in [2.45, 2.75) is 31.7 Å². The minimum atomic E-state index is -0.596. The van der Waals surface area contributed by atoms with Gasteiger partial charge < -0.3 is 5.73 Å². The van der Waals surface area contributed by atoms with Gasteiger partial charge in [0.15, 0.2) is 5.96 Å². The van der Waals surface area contributed by atoms with Gasteiger partial charge in [-0.05, 0) is 54.3 Å². The Morgan fingerprint density at radius 2 is 2.21 bits per heavy atom. The van der Waals surface area contributed by atoms with Crippen molar-refractivity contribution in [3.05, 3.63) is 40.8 Å². The van der Waals surface area contributed by atoms with E-state index in [1.54, 1.807) is 18.4 Å². The van der Waals surface area contributed by atoms with Gasteiger partial charge >= 0.3 is 0 Å². The van der Waals surface area contributed by atoms with E-state index in [2.05, 4.69) is 40.7 Å². The third-order valence-electron chi connectivity index (χ3n) is 4.97. The Bertz CT molecular complexity index is 878. The van der Waals surface area contributed by atoms with Crippen molar-refractivity contribution in [3.63, 3.8) is 0 Å². The first-order chi connectivity index (χ1) is 11.5. The standard InChI is InChI=1S/C19H21N3OS/c1-19(10-17(23)22(2)18(20)21-19)14-7-8-16-15(9-14)13(11-24-16)6-5-12-3-4-12/h5-9,11-12H,3-4,10H2,1-2H3,(H2,20,21)/b6-5+/t19-/m0/s1. The number of amides is 1. The second-order valence-corrected chi connectivity index (χ2v) is 7.88. The van der Waals surface area contributed by atoms with Gasteiger partial charge in [-0.3, -0.25) is 9.69 Å². The molecule has 1 amide bonds. The van der Waals surface area contributed by atoms with Crippen molar-refractivity contribution in [1.29, 1.82) is 0 Å². The highest BCUT2D eigenvalue weighted by molar-refractivity contribution is 7.17. The van der Waals surface area contributed by atoms with Crippen molar-refractivity contribution < 1.29 is 4.79 Å². The van der Waals surface area contributed by atoms with Crippen LogP contribution in [0.2, 0.25) is 0 Å². The summed E-state index contributed by atoms with van der Waals surface area (Å²) in [5.74, 6) is 1.05. The monoisotopic (exact) mass is 339 g/mol. The Morgan fingerprint density at radius 3 is 2.92 bits per heavy atom. The number of nitrogens with zero attached hydrogens (tertiary/aromatic N) is 2. The molecule has 0 unspecified atom stereocenters. The Balaban J connectivity index is 1.76. The minimum absolute atomic E-state index is 0.00395. The van der Waals surface area contributed by atoms with Crippen molar-refractivity contribution in [2.75, 3.05) is 7.05 Å². The SMILES string of the molecule is CN1C(=O)C[C@@](C)(c2ccc3scc(/C=C/C4CC4)c3c2)N=C1N. The summed E-state index contributed by atoms with van der Waals surface area (Å²) in [6.07, 6.45) is 7.51. The van der Waals surface area contributed by atoms with Crippen LogP contribution in [0.25, 0.3) is 16.2 Å². The fourth-order valence-corrected chi connectivity index (χ4v) is 4.03. The molecule has 2 aromatic rings. The van der Waals surface area contributed by atoms with Crippen molar-refractivity contribution in [3.8, 4) is 0 Å². The van der Waals surface area contributed by atoms with E-state index >= 15 is 0 Å². The lowest BCUT2D eigenvalue weighted by Gasteiger charge is -2.33. The largest absolute Gasteiger partial charge is 0.369 e. The molecule has 4 rings (SSSR count). The van der Waals surface area contributed by atoms with Crippen LogP contribution < -0.4 is 5.73 Å². The van der Waals surface area contributed by atoms with E-state index in [0.29, 0.717) is 6.42 Å². The van der Waals surface area contributed by atoms with E-state index in [9.17, 15) is 4.79 Å². The van der Waals surface area contributed by atoms with E-state index in [0.717, 1.165) is 11.5 Å². The van der Waals surface area contributed by atoms with Gasteiger partial charge in [-0.1, -0.05) is 18.2 Å². The first kappa shape index (κ1) is 15.4. The van der Waals surface area contributed by atoms with Crippen LogP contribution in [0.15, 0.2) is 34.6 Å². The fourth-order valence-electron chi connectivity index (χ4n) is 3.12. The molecule has 124 valence electrons. The number of benzene rings is 1. The molecule has 1 aliphatic heterocycles. The molecule has 1 fully saturated rings. The number of carbonyl (C=O) groups is 1. The van der Waals surface area contributed by atoms with Crippen molar-refractivity contribution in [1.82, 2.24) is 4.90 Å². The highest BCUT2D eigenvalue weighted by Crippen LogP contribution is 2.37. The zero-order valence-corrected chi connectivity index (χ0v) is 14.8. The van der Waals surface area contributed by atoms with E-state index in [1.165, 1.54) is 33.4 Å². The first-order valence-corrected chi connectivity index (χ1v) is 9.16. The lowest BCUT2D eigenvalue weighted by molar-refractivity contribution is -0.128. The topological polar surface area (TPSA) is 58.7 Å². The van der Waals surface area contributed by atoms with Gasteiger partial charge in [0, 0.05) is 17.1 Å². The predicted molar refractivity (Wildman–Crippen MR) is 99.9 cm³/mol. The van der Waals surface area contributed by atoms with Crippen LogP contribution in [-0.2, 0) is 10.3 Å². The van der Waals surface area contributed by atoms with Crippen LogP contribution in [0.1, 0.15) is 37.3 Å². The first-order valence-electron chi connectivity index (χ1n) is 8.28. The van der Waals surface area contributed by atoms with Gasteiger partial charge in [0.05, 0.1) is 12.0 Å². The third kappa shape index (κ3) is 2.63. The zero-order valence-electron chi connectivity index (χ0n) is 14.0. The van der Waals surface area contributed by atoms with Crippen LogP contribution in [0, 0.1) is 5.92 Å². The summed E-state index contributed by atoms with van der Waals surface area (Å²) in [5.41, 5.74) is 7.64. The third-order valence-corrected chi connectivity index (χ3v) is 5.95. The molecule has 2 N–H and O–H groups in total. The number of thiophene rings is 1. The lowest BCUT2D eigenvalue weighted by atomic mass is 9.87. The number of guanidine groups is 1. The fraction of sp³-hybridized carbons (Fsp3) is 0.368. The van der Waals surface area contributed by atoms with Gasteiger partial charge in [-0.25, -0.2) is 4.99 Å². The average Bonchev–Trinajstić information content (AvgIpc) is 3.29. The summed E-state index contributed by atoms with van der Waals surface area (Å²) in [6.45, 7) is 1.98. The molecule has 1 aromatic heterocycles. The average molecular weight is 339 g/mol. The summed E-state index contributed by atoms with van der Waals surface area (Å²) >= 11 is 1.75. The summed E-state index contributed by atoms with van der Waals surface area (Å²) in [6, 6.07) is 6.37. The highest BCUT2D eigenvalue weighted by atomic mass is 32.1. The van der Waals surface area contributed by atoms with Crippen molar-refractivity contribution >= 4 is 39.4 Å². The number of rotatable bonds is 3. The second kappa shape index (κ2) is 5.45. The maximum atomic E-state index is 12.2. The molecule has 4 nitrogen and oxygen atoms in total. The van der Waals surface area contributed by atoms with Crippen LogP contribution in [0.5, 0.6) is 0 Å². The maximum Gasteiger partial charge on any atom is 0.231 e. The normalized spacial score (nSPS) is 24.8. The van der Waals surface area contributed by atoms with E-state index in [-0.39, 0.29) is 11.9 Å². The molecule has 2 heterocycles. The molecule has 2 aliphatic rings. The van der Waals surface area contributed by atoms with Crippen LogP contribution in [0.4, 0.5) is 0 Å². The summed E-state index contributed by atoms with van der Waals surface area (Å²) < 4.78 is 1.26. The molecule has 0 bridgehead atoms. The maximum absolute atomic E-state index is 12.2. The van der Waals surface area contributed by atoms with E-state index in [1.807, 2.05) is 6.92 Å². The number of hydrogen-bond acceptors (Lipinski definition) is 4. The quantitative estimate of drug-likeness (QED) is 0.926. The summed E-state index contributed by atoms with van der Waals surface area (Å²) in [4.78, 5) is 18.2. The minimum Gasteiger partial charge on any atom is -0.369 e. The molecule has 1 saturated carbocycles. The second-order valence-electron chi connectivity index (χ2n) is 6.97. The lowest BCUT2D eigenvalue weighted by Crippen LogP contribution is -2.47. The zero-order chi connectivity index (χ0) is 16.9. The smallest absolute Gasteiger partial charge is 0.231 e. The van der Waals surface area contributed by atoms with Crippen LogP contribution in [0.3, 0.4) is 0 Å². The number of hydrogen-bond donors (Lipinski definition) is 1. The Morgan fingerprint density at radius 1 is 1.42 bits per heavy atom. The Labute approximate surface area is 145 Å². The molecule has 1 aromatic carbocycles. The van der Waals surface area contributed by atoms with E-state index < -0.39 is 5.54 Å². The molecule has 0 radical (unpaired) electrons. The number of fused-ring (bicyclic) bond motifs is 1. The van der Waals surface area contributed by atoms with Crippen LogP contribution in [-0.4, -0.2) is 23.8 Å². The van der Waals surface area contributed by atoms with Crippen molar-refractivity contribution in [2.24, 2.45) is 16.6 Å². The van der Waals surface area contributed by atoms with Gasteiger partial charge in [0.1, 0.15) is 0 Å². The molecule has 1 aliphatic carbocycles. The molecule has 1 atom stereocenters. The van der Waals surface area contributed by atoms with E-state index in [4.69, 9.17) is 5.73 Å². The summed E-state index contributed by atoms with van der Waals surface area (Å²) in [7, 11) is 1.67. The highest BCUT2D eigenvalue weighted by Gasteiger charge is 2.36. The molecule has 24 heavy (non-hydrogen) atoms. The number of carbonyl (C=O) groups excluding carboxylic acids is 1. The molecule has 5 heteroatoms. The Kier molecular flexibility index (Phi) is 3.49. The Hall–Kier alpha value is -2.14. The summed E-state index contributed by atoms with van der Waals surface area (Å²) in [5, 5.41) is 3.43. The van der Waals surface area contributed by atoms with Gasteiger partial charge in [-0.15, -0.1) is 11.3 Å². The van der Waals surface area contributed by atoms with Gasteiger partial charge in [-0.2, -0.15) is 0 Å². The molecular formula is C19H21N3OS. The number of nitrogens with two attached hydrogens (primary N) is 1. The predicted octanol–water partition coefficient (Wildman–Crippen LogP) is 3.72. The van der Waals surface area contributed by atoms with Crippen LogP contribution >= 0.6 is 11.3 Å². The van der Waals surface area contributed by atoms with Gasteiger partial charge in [0.2, 0.25) is 5.91 Å². The number of aliphatic imine (C=N–C) groups is 1. The molecular weight excluding hydrogens is 318 g/mol. The number of allylic oxidation sites excluding steroid dienone is 1. The molecule has 0 spiro atoms. The molecule has 0 saturated heterocycles.